The monoisotopic (exact) mass is 480 g/mol. The summed E-state index contributed by atoms with van der Waals surface area (Å²) in [4.78, 5) is 35.3. The van der Waals surface area contributed by atoms with Crippen molar-refractivity contribution in [3.63, 3.8) is 0 Å². The number of thioether (sulfide) groups is 1. The highest BCUT2D eigenvalue weighted by Gasteiger charge is 2.32. The molecule has 5 rings (SSSR count). The molecular weight excluding hydrogens is 448 g/mol. The molecule has 2 fully saturated rings. The van der Waals surface area contributed by atoms with E-state index in [0.29, 0.717) is 17.9 Å². The molecule has 3 aromatic rings. The molecule has 9 nitrogen and oxygen atoms in total. The van der Waals surface area contributed by atoms with Gasteiger partial charge in [-0.05, 0) is 56.7 Å². The summed E-state index contributed by atoms with van der Waals surface area (Å²) in [6, 6.07) is 4.31. The minimum absolute atomic E-state index is 0.123. The molecule has 0 bridgehead atoms. The van der Waals surface area contributed by atoms with E-state index >= 15 is 0 Å². The van der Waals surface area contributed by atoms with E-state index in [2.05, 4.69) is 36.2 Å². The second-order valence-corrected chi connectivity index (χ2v) is 10.3. The number of pyridine rings is 1. The maximum atomic E-state index is 13.3. The SMILES string of the molecule is CCSc1nc2cccnc2n1C1CCN(C(=O)C2CCN(Cc3cnc(N)nc3)CC2)CC1. The topological polar surface area (TPSA) is 106 Å². The van der Waals surface area contributed by atoms with E-state index in [1.165, 1.54) is 0 Å². The number of piperidine rings is 2. The van der Waals surface area contributed by atoms with Crippen molar-refractivity contribution in [1.29, 1.82) is 0 Å². The summed E-state index contributed by atoms with van der Waals surface area (Å²) in [7, 11) is 0. The summed E-state index contributed by atoms with van der Waals surface area (Å²) in [6.45, 7) is 6.39. The molecule has 0 radical (unpaired) electrons. The van der Waals surface area contributed by atoms with Gasteiger partial charge in [-0.3, -0.25) is 9.69 Å². The Hall–Kier alpha value is -2.72. The fraction of sp³-hybridized carbons (Fsp3) is 0.542. The van der Waals surface area contributed by atoms with Gasteiger partial charge in [-0.25, -0.2) is 19.9 Å². The predicted molar refractivity (Wildman–Crippen MR) is 133 cm³/mol. The number of nitrogens with zero attached hydrogens (tertiary/aromatic N) is 7. The van der Waals surface area contributed by atoms with E-state index in [-0.39, 0.29) is 5.92 Å². The number of nitrogens with two attached hydrogens (primary N) is 1. The number of hydrogen-bond acceptors (Lipinski definition) is 8. The lowest BCUT2D eigenvalue weighted by Gasteiger charge is -2.37. The number of aromatic nitrogens is 5. The molecule has 0 atom stereocenters. The first-order valence-electron chi connectivity index (χ1n) is 12.2. The maximum Gasteiger partial charge on any atom is 0.225 e. The number of hydrogen-bond donors (Lipinski definition) is 1. The molecule has 10 heteroatoms. The Balaban J connectivity index is 1.16. The van der Waals surface area contributed by atoms with Crippen LogP contribution in [0.15, 0.2) is 35.9 Å². The quantitative estimate of drug-likeness (QED) is 0.537. The van der Waals surface area contributed by atoms with Crippen molar-refractivity contribution in [3.05, 3.63) is 36.3 Å². The van der Waals surface area contributed by atoms with Gasteiger partial charge < -0.3 is 15.2 Å². The second-order valence-electron chi connectivity index (χ2n) is 9.10. The third-order valence-corrected chi connectivity index (χ3v) is 7.73. The molecule has 0 spiro atoms. The van der Waals surface area contributed by atoms with Crippen molar-refractivity contribution >= 4 is 34.8 Å². The van der Waals surface area contributed by atoms with Gasteiger partial charge in [-0.2, -0.15) is 0 Å². The van der Waals surface area contributed by atoms with E-state index in [1.54, 1.807) is 24.2 Å². The van der Waals surface area contributed by atoms with Gasteiger partial charge in [-0.15, -0.1) is 0 Å². The molecule has 0 aromatic carbocycles. The number of nitrogen functional groups attached to an aromatic ring is 1. The third-order valence-electron chi connectivity index (χ3n) is 6.90. The highest BCUT2D eigenvalue weighted by atomic mass is 32.2. The highest BCUT2D eigenvalue weighted by Crippen LogP contribution is 2.33. The summed E-state index contributed by atoms with van der Waals surface area (Å²) >= 11 is 1.77. The standard InChI is InChI=1S/C24H32N8OS/c1-2-34-24-29-20-4-3-9-26-21(20)32(24)19-7-12-31(13-8-19)22(33)18-5-10-30(11-6-18)16-17-14-27-23(25)28-15-17/h3-4,9,14-15,18-19H,2,5-8,10-13,16H2,1H3,(H2,25,27,28). The molecule has 2 aliphatic rings. The smallest absolute Gasteiger partial charge is 0.225 e. The molecule has 3 aromatic heterocycles. The lowest BCUT2D eigenvalue weighted by molar-refractivity contribution is -0.138. The summed E-state index contributed by atoms with van der Waals surface area (Å²) in [5, 5.41) is 1.04. The fourth-order valence-corrected chi connectivity index (χ4v) is 5.91. The van der Waals surface area contributed by atoms with Gasteiger partial charge in [0.15, 0.2) is 10.8 Å². The molecule has 1 amide bonds. The lowest BCUT2D eigenvalue weighted by atomic mass is 9.93. The van der Waals surface area contributed by atoms with Crippen LogP contribution in [-0.2, 0) is 11.3 Å². The van der Waals surface area contributed by atoms with Crippen molar-refractivity contribution in [2.45, 2.75) is 50.4 Å². The number of carbonyl (C=O) groups is 1. The van der Waals surface area contributed by atoms with Gasteiger partial charge in [0, 0.05) is 55.7 Å². The Labute approximate surface area is 204 Å². The lowest BCUT2D eigenvalue weighted by Crippen LogP contribution is -2.45. The number of imidazole rings is 1. The van der Waals surface area contributed by atoms with Gasteiger partial charge in [0.25, 0.3) is 0 Å². The van der Waals surface area contributed by atoms with Gasteiger partial charge >= 0.3 is 0 Å². The first kappa shape index (κ1) is 23.0. The van der Waals surface area contributed by atoms with E-state index in [0.717, 1.165) is 86.0 Å². The van der Waals surface area contributed by atoms with Crippen LogP contribution in [0.5, 0.6) is 0 Å². The Kier molecular flexibility index (Phi) is 6.96. The first-order chi connectivity index (χ1) is 16.6. The van der Waals surface area contributed by atoms with Crippen molar-refractivity contribution in [2.24, 2.45) is 5.92 Å². The Bertz CT molecular complexity index is 1120. The van der Waals surface area contributed by atoms with Crippen LogP contribution >= 0.6 is 11.8 Å². The number of fused-ring (bicyclic) bond motifs is 1. The molecule has 2 saturated heterocycles. The van der Waals surface area contributed by atoms with Crippen molar-refractivity contribution in [3.8, 4) is 0 Å². The zero-order valence-corrected chi connectivity index (χ0v) is 20.5. The molecule has 0 unspecified atom stereocenters. The number of amides is 1. The van der Waals surface area contributed by atoms with Crippen LogP contribution in [0.2, 0.25) is 0 Å². The van der Waals surface area contributed by atoms with E-state index in [1.807, 2.05) is 18.3 Å². The van der Waals surface area contributed by atoms with Crippen LogP contribution < -0.4 is 5.73 Å². The van der Waals surface area contributed by atoms with Gasteiger partial charge in [0.05, 0.1) is 0 Å². The van der Waals surface area contributed by atoms with Crippen LogP contribution in [0.25, 0.3) is 11.2 Å². The average Bonchev–Trinajstić information content (AvgIpc) is 3.24. The minimum Gasteiger partial charge on any atom is -0.368 e. The predicted octanol–water partition coefficient (Wildman–Crippen LogP) is 2.99. The largest absolute Gasteiger partial charge is 0.368 e. The third kappa shape index (κ3) is 4.88. The second kappa shape index (κ2) is 10.3. The van der Waals surface area contributed by atoms with Crippen molar-refractivity contribution in [1.82, 2.24) is 34.3 Å². The van der Waals surface area contributed by atoms with Gasteiger partial charge in [-0.1, -0.05) is 18.7 Å². The Morgan fingerprint density at radius 3 is 2.53 bits per heavy atom. The summed E-state index contributed by atoms with van der Waals surface area (Å²) in [5.41, 5.74) is 8.55. The molecular formula is C24H32N8OS. The molecule has 5 heterocycles. The summed E-state index contributed by atoms with van der Waals surface area (Å²) in [6.07, 6.45) is 9.11. The zero-order valence-electron chi connectivity index (χ0n) is 19.6. The molecule has 0 aliphatic carbocycles. The van der Waals surface area contributed by atoms with Gasteiger partial charge in [0.1, 0.15) is 5.52 Å². The van der Waals surface area contributed by atoms with E-state index in [4.69, 9.17) is 10.7 Å². The molecule has 34 heavy (non-hydrogen) atoms. The maximum absolute atomic E-state index is 13.3. The average molecular weight is 481 g/mol. The van der Waals surface area contributed by atoms with Crippen LogP contribution in [0.1, 0.15) is 44.2 Å². The molecule has 0 saturated carbocycles. The van der Waals surface area contributed by atoms with E-state index in [9.17, 15) is 4.79 Å². The van der Waals surface area contributed by atoms with Crippen LogP contribution in [0.4, 0.5) is 5.95 Å². The Morgan fingerprint density at radius 2 is 1.82 bits per heavy atom. The van der Waals surface area contributed by atoms with Crippen LogP contribution in [-0.4, -0.2) is 72.1 Å². The molecule has 2 N–H and O–H groups in total. The van der Waals surface area contributed by atoms with Gasteiger partial charge in [0.2, 0.25) is 11.9 Å². The minimum atomic E-state index is 0.123. The van der Waals surface area contributed by atoms with Crippen LogP contribution in [0, 0.1) is 5.92 Å². The molecule has 2 aliphatic heterocycles. The number of likely N-dealkylation sites (tertiary alicyclic amines) is 2. The highest BCUT2D eigenvalue weighted by molar-refractivity contribution is 7.99. The molecule has 180 valence electrons. The zero-order chi connectivity index (χ0) is 23.5. The number of rotatable bonds is 6. The summed E-state index contributed by atoms with van der Waals surface area (Å²) < 4.78 is 2.31. The summed E-state index contributed by atoms with van der Waals surface area (Å²) in [5.74, 6) is 1.72. The Morgan fingerprint density at radius 1 is 1.09 bits per heavy atom. The van der Waals surface area contributed by atoms with Crippen molar-refractivity contribution in [2.75, 3.05) is 37.7 Å². The normalized spacial score (nSPS) is 18.6. The first-order valence-corrected chi connectivity index (χ1v) is 13.1. The van der Waals surface area contributed by atoms with Crippen molar-refractivity contribution < 1.29 is 4.79 Å². The number of anilines is 1. The number of carbonyl (C=O) groups excluding carboxylic acids is 1. The van der Waals surface area contributed by atoms with Crippen LogP contribution in [0.3, 0.4) is 0 Å². The fourth-order valence-electron chi connectivity index (χ4n) is 5.11. The van der Waals surface area contributed by atoms with E-state index < -0.39 is 0 Å².